The summed E-state index contributed by atoms with van der Waals surface area (Å²) in [7, 11) is 0. The molecule has 0 bridgehead atoms. The first-order chi connectivity index (χ1) is 10.6. The highest BCUT2D eigenvalue weighted by Gasteiger charge is 2.25. The maximum atomic E-state index is 12.4. The maximum absolute atomic E-state index is 12.4. The van der Waals surface area contributed by atoms with Gasteiger partial charge in [0.05, 0.1) is 22.9 Å². The number of anilines is 1. The second-order valence-electron chi connectivity index (χ2n) is 5.92. The molecule has 0 N–H and O–H groups in total. The summed E-state index contributed by atoms with van der Waals surface area (Å²) in [5.74, 6) is 0.115. The van der Waals surface area contributed by atoms with Crippen LogP contribution in [0.15, 0.2) is 12.1 Å². The van der Waals surface area contributed by atoms with E-state index in [0.29, 0.717) is 13.0 Å². The fourth-order valence-electron chi connectivity index (χ4n) is 2.94. The number of carbonyl (C=O) groups excluding carboxylic acids is 1. The molecule has 1 amide bonds. The van der Waals surface area contributed by atoms with Crippen molar-refractivity contribution in [3.8, 4) is 0 Å². The Bertz CT molecular complexity index is 689. The molecule has 2 aromatic rings. The zero-order chi connectivity index (χ0) is 15.7. The number of amides is 1. The van der Waals surface area contributed by atoms with E-state index in [4.69, 9.17) is 9.72 Å². The molecule has 1 fully saturated rings. The van der Waals surface area contributed by atoms with Crippen molar-refractivity contribution in [1.82, 2.24) is 4.98 Å². The fourth-order valence-corrected chi connectivity index (χ4v) is 4.11. The summed E-state index contributed by atoms with van der Waals surface area (Å²) in [6.45, 7) is 7.48. The SMILES string of the molecule is CCC(=O)N(CC1CCCO1)c1nc2c(C)cc(C)cc2s1. The molecule has 0 spiro atoms. The predicted molar refractivity (Wildman–Crippen MR) is 90.7 cm³/mol. The Hall–Kier alpha value is -1.46. The number of nitrogens with zero attached hydrogens (tertiary/aromatic N) is 2. The van der Waals surface area contributed by atoms with Crippen LogP contribution in [0.3, 0.4) is 0 Å². The first-order valence-corrected chi connectivity index (χ1v) is 8.70. The van der Waals surface area contributed by atoms with Crippen molar-refractivity contribution >= 4 is 32.6 Å². The van der Waals surface area contributed by atoms with Crippen LogP contribution in [0, 0.1) is 13.8 Å². The van der Waals surface area contributed by atoms with Gasteiger partial charge in [0.2, 0.25) is 5.91 Å². The average Bonchev–Trinajstić information content (AvgIpc) is 3.12. The lowest BCUT2D eigenvalue weighted by Gasteiger charge is -2.22. The van der Waals surface area contributed by atoms with Crippen molar-refractivity contribution in [2.24, 2.45) is 0 Å². The standard InChI is InChI=1S/C17H22N2O2S/c1-4-15(20)19(10-13-6-5-7-21-13)17-18-16-12(3)8-11(2)9-14(16)22-17/h8-9,13H,4-7,10H2,1-3H3. The molecule has 1 saturated heterocycles. The lowest BCUT2D eigenvalue weighted by molar-refractivity contribution is -0.118. The van der Waals surface area contributed by atoms with Gasteiger partial charge in [0.15, 0.2) is 5.13 Å². The second kappa shape index (κ2) is 6.34. The van der Waals surface area contributed by atoms with Crippen LogP contribution in [0.25, 0.3) is 10.2 Å². The van der Waals surface area contributed by atoms with Crippen LogP contribution in [0.4, 0.5) is 5.13 Å². The third-order valence-corrected chi connectivity index (χ3v) is 5.09. The largest absolute Gasteiger partial charge is 0.376 e. The monoisotopic (exact) mass is 318 g/mol. The van der Waals surface area contributed by atoms with E-state index < -0.39 is 0 Å². The smallest absolute Gasteiger partial charge is 0.228 e. The summed E-state index contributed by atoms with van der Waals surface area (Å²) < 4.78 is 6.85. The minimum atomic E-state index is 0.115. The van der Waals surface area contributed by atoms with Gasteiger partial charge >= 0.3 is 0 Å². The number of aryl methyl sites for hydroxylation is 2. The normalized spacial score (nSPS) is 18.0. The highest BCUT2D eigenvalue weighted by Crippen LogP contribution is 2.32. The Morgan fingerprint density at radius 1 is 1.45 bits per heavy atom. The molecule has 1 aliphatic heterocycles. The molecule has 0 aliphatic carbocycles. The molecule has 0 saturated carbocycles. The summed E-state index contributed by atoms with van der Waals surface area (Å²) in [5, 5.41) is 0.797. The number of ether oxygens (including phenoxy) is 1. The molecule has 4 nitrogen and oxygen atoms in total. The Morgan fingerprint density at radius 2 is 2.27 bits per heavy atom. The quantitative estimate of drug-likeness (QED) is 0.860. The number of hydrogen-bond donors (Lipinski definition) is 0. The van der Waals surface area contributed by atoms with Gasteiger partial charge in [-0.05, 0) is 43.9 Å². The third-order valence-electron chi connectivity index (χ3n) is 4.06. The topological polar surface area (TPSA) is 42.4 Å². The minimum Gasteiger partial charge on any atom is -0.376 e. The Kier molecular flexibility index (Phi) is 4.45. The fraction of sp³-hybridized carbons (Fsp3) is 0.529. The molecule has 1 aromatic carbocycles. The molecule has 2 heterocycles. The van der Waals surface area contributed by atoms with Crippen molar-refractivity contribution in [2.75, 3.05) is 18.1 Å². The van der Waals surface area contributed by atoms with Crippen LogP contribution in [0.2, 0.25) is 0 Å². The van der Waals surface area contributed by atoms with Crippen LogP contribution >= 0.6 is 11.3 Å². The van der Waals surface area contributed by atoms with Crippen molar-refractivity contribution in [2.45, 2.75) is 46.1 Å². The van der Waals surface area contributed by atoms with E-state index in [1.54, 1.807) is 11.3 Å². The molecule has 0 radical (unpaired) electrons. The third kappa shape index (κ3) is 3.01. The molecule has 1 unspecified atom stereocenters. The molecule has 118 valence electrons. The molecule has 1 atom stereocenters. The van der Waals surface area contributed by atoms with Gasteiger partial charge in [0.25, 0.3) is 0 Å². The summed E-state index contributed by atoms with van der Waals surface area (Å²) in [4.78, 5) is 18.9. The van der Waals surface area contributed by atoms with Gasteiger partial charge in [-0.3, -0.25) is 9.69 Å². The van der Waals surface area contributed by atoms with Gasteiger partial charge < -0.3 is 4.74 Å². The highest BCUT2D eigenvalue weighted by atomic mass is 32.1. The van der Waals surface area contributed by atoms with E-state index >= 15 is 0 Å². The van der Waals surface area contributed by atoms with Crippen molar-refractivity contribution in [1.29, 1.82) is 0 Å². The lowest BCUT2D eigenvalue weighted by Crippen LogP contribution is -2.37. The molecular formula is C17H22N2O2S. The van der Waals surface area contributed by atoms with Gasteiger partial charge in [-0.25, -0.2) is 4.98 Å². The second-order valence-corrected chi connectivity index (χ2v) is 6.93. The van der Waals surface area contributed by atoms with E-state index in [9.17, 15) is 4.79 Å². The minimum absolute atomic E-state index is 0.115. The van der Waals surface area contributed by atoms with Crippen molar-refractivity contribution in [3.05, 3.63) is 23.3 Å². The van der Waals surface area contributed by atoms with Gasteiger partial charge in [-0.1, -0.05) is 24.3 Å². The van der Waals surface area contributed by atoms with Crippen LogP contribution in [0.5, 0.6) is 0 Å². The number of fused-ring (bicyclic) bond motifs is 1. The number of rotatable bonds is 4. The molecule has 5 heteroatoms. The number of carbonyl (C=O) groups is 1. The summed E-state index contributed by atoms with van der Waals surface area (Å²) in [6, 6.07) is 4.28. The highest BCUT2D eigenvalue weighted by molar-refractivity contribution is 7.22. The van der Waals surface area contributed by atoms with Crippen molar-refractivity contribution in [3.63, 3.8) is 0 Å². The van der Waals surface area contributed by atoms with Crippen LogP contribution < -0.4 is 4.90 Å². The number of aromatic nitrogens is 1. The van der Waals surface area contributed by atoms with Gasteiger partial charge in [-0.15, -0.1) is 0 Å². The van der Waals surface area contributed by atoms with Gasteiger partial charge in [0, 0.05) is 13.0 Å². The first kappa shape index (κ1) is 15.4. The van der Waals surface area contributed by atoms with E-state index in [0.717, 1.165) is 34.8 Å². The predicted octanol–water partition coefficient (Wildman–Crippen LogP) is 3.84. The molecule has 3 rings (SSSR count). The van der Waals surface area contributed by atoms with E-state index in [2.05, 4.69) is 26.0 Å². The zero-order valence-corrected chi connectivity index (χ0v) is 14.2. The van der Waals surface area contributed by atoms with Crippen molar-refractivity contribution < 1.29 is 9.53 Å². The molecular weight excluding hydrogens is 296 g/mol. The molecule has 1 aromatic heterocycles. The number of thiazole rings is 1. The maximum Gasteiger partial charge on any atom is 0.228 e. The Morgan fingerprint density at radius 3 is 2.95 bits per heavy atom. The van der Waals surface area contributed by atoms with Gasteiger partial charge in [-0.2, -0.15) is 0 Å². The lowest BCUT2D eigenvalue weighted by atomic mass is 10.1. The van der Waals surface area contributed by atoms with Gasteiger partial charge in [0.1, 0.15) is 0 Å². The molecule has 22 heavy (non-hydrogen) atoms. The van der Waals surface area contributed by atoms with E-state index in [-0.39, 0.29) is 12.0 Å². The van der Waals surface area contributed by atoms with Crippen LogP contribution in [0.1, 0.15) is 37.3 Å². The summed E-state index contributed by atoms with van der Waals surface area (Å²) in [6.07, 6.45) is 2.74. The number of hydrogen-bond acceptors (Lipinski definition) is 4. The first-order valence-electron chi connectivity index (χ1n) is 7.88. The number of benzene rings is 1. The zero-order valence-electron chi connectivity index (χ0n) is 13.4. The Balaban J connectivity index is 1.96. The molecule has 1 aliphatic rings. The summed E-state index contributed by atoms with van der Waals surface area (Å²) in [5.41, 5.74) is 3.40. The van der Waals surface area contributed by atoms with Crippen LogP contribution in [-0.2, 0) is 9.53 Å². The Labute approximate surface area is 135 Å². The van der Waals surface area contributed by atoms with E-state index in [1.165, 1.54) is 11.1 Å². The van der Waals surface area contributed by atoms with E-state index in [1.807, 2.05) is 11.8 Å². The van der Waals surface area contributed by atoms with Crippen LogP contribution in [-0.4, -0.2) is 30.1 Å². The summed E-state index contributed by atoms with van der Waals surface area (Å²) >= 11 is 1.60. The average molecular weight is 318 g/mol.